The fraction of sp³-hybridized carbons (Fsp3) is 0.771. The number of fused-ring (bicyclic) bond motifs is 3. The summed E-state index contributed by atoms with van der Waals surface area (Å²) in [5, 5.41) is 29.8. The lowest BCUT2D eigenvalue weighted by molar-refractivity contribution is -0.148. The van der Waals surface area contributed by atoms with Crippen molar-refractivity contribution in [2.75, 3.05) is 91.8 Å². The van der Waals surface area contributed by atoms with Crippen LogP contribution in [0.25, 0.3) is 0 Å². The van der Waals surface area contributed by atoms with Crippen LogP contribution < -0.4 is 64.2 Å². The molecule has 0 radical (unpaired) electrons. The highest BCUT2D eigenvalue weighted by molar-refractivity contribution is 6.39. The quantitative estimate of drug-likeness (QED) is 0.0191. The third-order valence-corrected chi connectivity index (χ3v) is 29.4. The summed E-state index contributed by atoms with van der Waals surface area (Å²) in [6.45, 7) is 52.4. The van der Waals surface area contributed by atoms with Crippen molar-refractivity contribution < 1.29 is 114 Å². The first-order valence-electron chi connectivity index (χ1n) is 48.5. The summed E-state index contributed by atoms with van der Waals surface area (Å²) in [7, 11) is 0. The number of carbonyl (C=O) groups excluding carboxylic acids is 18. The summed E-state index contributed by atoms with van der Waals surface area (Å²) in [5.74, 6) is -9.50. The topological polar surface area (TPSA) is 513 Å². The maximum atomic E-state index is 14.3. The lowest BCUT2D eigenvalue weighted by Gasteiger charge is -2.38. The SMILES string of the molecule is C=CCNC(=O)C(=O)C(CCC(F)(F)F)NC(=O)[C@@H]1[C@@H]2[C@H](CN1C(=O)[C@@H](NC(=O)N[C@H](CN1CCOC1=O)C(C)C)C(C)(C)C)C2(C)C.C=CCNC(=O)C(=O)C(CCCC)NC(=O)[C@@H]1[C@@H]2[C@H](CN1C(=O)[C@@H](NC(=O)N[C@H](CN1CCOC1=O)C(C)C)C(C)(C)C)C2(C)C.CC(C)[C@@H](CN1CCOC1=O)NC(=O)N[C@H](C(=O)N1C[C@H]2[C@@H]([C@H]1C(=O)NC(CC1CCC1)C(=O)C(N)=O)C2(C)C)C(C)(C)C. The van der Waals surface area contributed by atoms with Crippen LogP contribution in [0.4, 0.5) is 41.9 Å². The Morgan fingerprint density at radius 3 is 0.986 bits per heavy atom. The summed E-state index contributed by atoms with van der Waals surface area (Å²) in [4.78, 5) is 245. The van der Waals surface area contributed by atoms with E-state index in [1.165, 1.54) is 31.8 Å². The van der Waals surface area contributed by atoms with Crippen LogP contribution in [0.2, 0.25) is 0 Å². The van der Waals surface area contributed by atoms with Crippen molar-refractivity contribution in [3.63, 3.8) is 0 Å². The molecule has 13 N–H and O–H groups in total. The molecule has 138 heavy (non-hydrogen) atoms. The molecule has 0 aromatic heterocycles. The number of likely N-dealkylation sites (tertiary alicyclic amines) is 3. The van der Waals surface area contributed by atoms with E-state index >= 15 is 0 Å². The molecular formula is C96H153F3N18O21. The Labute approximate surface area is 808 Å². The van der Waals surface area contributed by atoms with Gasteiger partial charge >= 0.3 is 42.5 Å². The van der Waals surface area contributed by atoms with Gasteiger partial charge in [-0.25, -0.2) is 28.8 Å². The Morgan fingerprint density at radius 1 is 0.449 bits per heavy atom. The predicted molar refractivity (Wildman–Crippen MR) is 501 cm³/mol. The van der Waals surface area contributed by atoms with Gasteiger partial charge in [-0.3, -0.25) is 57.5 Å². The van der Waals surface area contributed by atoms with Gasteiger partial charge in [-0.2, -0.15) is 13.2 Å². The van der Waals surface area contributed by atoms with Gasteiger partial charge in [0.15, 0.2) is 0 Å². The number of ketones is 3. The molecule has 10 rings (SSSR count). The molecule has 39 nitrogen and oxygen atoms in total. The molecule has 0 bridgehead atoms. The molecule has 0 spiro atoms. The Bertz CT molecular complexity index is 4540. The summed E-state index contributed by atoms with van der Waals surface area (Å²) >= 11 is 0. The van der Waals surface area contributed by atoms with E-state index in [9.17, 15) is 99.5 Å². The normalized spacial score (nSPS) is 24.3. The zero-order valence-corrected chi connectivity index (χ0v) is 84.5. The minimum absolute atomic E-state index is 0.00469. The van der Waals surface area contributed by atoms with Gasteiger partial charge in [0.05, 0.1) is 55.9 Å². The van der Waals surface area contributed by atoms with E-state index in [0.29, 0.717) is 65.2 Å². The lowest BCUT2D eigenvalue weighted by Crippen LogP contribution is -2.62. The molecular weight excluding hydrogens is 1800 g/mol. The number of rotatable bonds is 41. The Kier molecular flexibility index (Phi) is 37.1. The number of ether oxygens (including phenoxy) is 3. The monoisotopic (exact) mass is 1950 g/mol. The van der Waals surface area contributed by atoms with E-state index in [0.717, 1.165) is 25.7 Å². The van der Waals surface area contributed by atoms with Crippen LogP contribution >= 0.6 is 0 Å². The summed E-state index contributed by atoms with van der Waals surface area (Å²) < 4.78 is 54.5. The van der Waals surface area contributed by atoms with Gasteiger partial charge in [-0.15, -0.1) is 13.2 Å². The number of halogens is 3. The zero-order valence-electron chi connectivity index (χ0n) is 84.5. The molecule has 0 aromatic carbocycles. The number of nitrogens with two attached hydrogens (primary N) is 1. The molecule has 10 fully saturated rings. The Hall–Kier alpha value is -10.9. The van der Waals surface area contributed by atoms with Crippen LogP contribution in [0.15, 0.2) is 25.3 Å². The number of carbonyl (C=O) groups is 18. The molecule has 3 unspecified atom stereocenters. The number of unbranched alkanes of at least 4 members (excludes halogenated alkanes) is 1. The van der Waals surface area contributed by atoms with E-state index < -0.39 is 203 Å². The first kappa shape index (κ1) is 112. The van der Waals surface area contributed by atoms with Crippen LogP contribution in [0, 0.1) is 91.7 Å². The molecule has 10 aliphatic rings. The van der Waals surface area contributed by atoms with Crippen molar-refractivity contribution in [1.29, 1.82) is 0 Å². The maximum absolute atomic E-state index is 14.3. The maximum Gasteiger partial charge on any atom is 0.410 e. The van der Waals surface area contributed by atoms with E-state index in [-0.39, 0.29) is 133 Å². The molecule has 774 valence electrons. The van der Waals surface area contributed by atoms with Gasteiger partial charge in [0.25, 0.3) is 17.7 Å². The molecule has 6 heterocycles. The number of hydrogen-bond acceptors (Lipinski definition) is 21. The number of urea groups is 3. The summed E-state index contributed by atoms with van der Waals surface area (Å²) in [6, 6.07) is -12.8. The smallest absolute Gasteiger partial charge is 0.410 e. The average molecular weight is 1950 g/mol. The first-order valence-corrected chi connectivity index (χ1v) is 48.5. The summed E-state index contributed by atoms with van der Waals surface area (Å²) in [6.07, 6.45) is -0.625. The highest BCUT2D eigenvalue weighted by Gasteiger charge is 2.73. The molecule has 6 saturated heterocycles. The fourth-order valence-corrected chi connectivity index (χ4v) is 20.0. The first-order chi connectivity index (χ1) is 64.0. The second-order valence-corrected chi connectivity index (χ2v) is 44.6. The number of alkyl halides is 3. The number of amides is 18. The van der Waals surface area contributed by atoms with Gasteiger partial charge in [0.1, 0.15) is 56.1 Å². The van der Waals surface area contributed by atoms with Crippen molar-refractivity contribution in [1.82, 2.24) is 87.9 Å². The third-order valence-electron chi connectivity index (χ3n) is 29.4. The summed E-state index contributed by atoms with van der Waals surface area (Å²) in [5.41, 5.74) is 2.29. The number of cyclic esters (lactones) is 3. The van der Waals surface area contributed by atoms with Gasteiger partial charge < -0.3 is 108 Å². The van der Waals surface area contributed by atoms with E-state index in [2.05, 4.69) is 99.3 Å². The number of nitrogens with zero attached hydrogens (tertiary/aromatic N) is 6. The highest BCUT2D eigenvalue weighted by atomic mass is 19.4. The van der Waals surface area contributed by atoms with Gasteiger partial charge in [-0.05, 0) is 111 Å². The molecule has 4 aliphatic carbocycles. The van der Waals surface area contributed by atoms with Gasteiger partial charge in [0.2, 0.25) is 52.8 Å². The van der Waals surface area contributed by atoms with Crippen molar-refractivity contribution >= 4 is 107 Å². The zero-order chi connectivity index (χ0) is 104. The van der Waals surface area contributed by atoms with E-state index in [1.807, 2.05) is 104 Å². The van der Waals surface area contributed by atoms with Crippen molar-refractivity contribution in [2.45, 2.75) is 289 Å². The molecule has 18 amide bonds. The molecule has 42 heteroatoms. The second-order valence-electron chi connectivity index (χ2n) is 44.6. The van der Waals surface area contributed by atoms with Gasteiger partial charge in [0, 0.05) is 58.8 Å². The fourth-order valence-electron chi connectivity index (χ4n) is 20.0. The molecule has 4 saturated carbocycles. The minimum atomic E-state index is -4.65. The van der Waals surface area contributed by atoms with E-state index in [4.69, 9.17) is 19.9 Å². The van der Waals surface area contributed by atoms with Crippen molar-refractivity contribution in [3.8, 4) is 0 Å². The van der Waals surface area contributed by atoms with Crippen LogP contribution in [0.5, 0.6) is 0 Å². The highest BCUT2D eigenvalue weighted by Crippen LogP contribution is 2.67. The molecule has 0 aromatic rings. The Morgan fingerprint density at radius 2 is 0.746 bits per heavy atom. The number of piperidine rings is 3. The lowest BCUT2D eigenvalue weighted by atomic mass is 9.80. The van der Waals surface area contributed by atoms with Gasteiger partial charge in [-0.1, -0.05) is 197 Å². The number of primary amides is 1. The molecule has 6 aliphatic heterocycles. The van der Waals surface area contributed by atoms with Crippen LogP contribution in [0.3, 0.4) is 0 Å². The molecule has 18 atom stereocenters. The average Bonchev–Trinajstić information content (AvgIpc) is 1.53. The second kappa shape index (κ2) is 45.6. The largest absolute Gasteiger partial charge is 0.448 e. The minimum Gasteiger partial charge on any atom is -0.448 e. The number of Topliss-reactive ketones (excluding diaryl/α,β-unsaturated/α-hetero) is 3. The van der Waals surface area contributed by atoms with Crippen LogP contribution in [-0.4, -0.2) is 307 Å². The van der Waals surface area contributed by atoms with Crippen molar-refractivity contribution in [3.05, 3.63) is 25.3 Å². The van der Waals surface area contributed by atoms with Crippen LogP contribution in [0.1, 0.15) is 210 Å². The standard InChI is InChI=1S/C33H54N6O7.C32H49F3N6O7.C31H50N6O7/c1-10-12-13-21(25(40)28(42)34-14-11-2)35-27(41)24-23-20(33(23,8)9)17-39(24)29(43)26(32(5,6)7)37-30(44)36-22(19(3)4)18-38-15-16-46-31(38)45;1-9-12-36-26(44)23(42)19(10-11-32(33,34)35)37-25(43)22-21-18(31(21,7)8)15-41(22)27(45)24(30(4,5)6)39-28(46)38-20(17(2)3)16-40-13-14-48-29(40)47;1-16(2)20(15-36-11-12-44-29(36)43)34-28(42)35-24(30(3,4)5)27(41)37-14-18-21(31(18,6)7)22(37)26(40)33-19(23(38)25(32)39)13-17-9-8-10-17/h11,19-24,26H,2,10,12-18H2,1,3-9H3,(H,34,42)(H,35,41)(H2,36,37,44);9,17-22,24H,1,10-16H2,2-8H3,(H,36,44)(H,37,43)(H2,38,39,46);16-22,24H,8-15H2,1-7H3,(H2,32,39)(H,33,40)(H2,34,35,42)/t20-,21?,22+,23-,24-,26+;2*18-,19?,20+,21-,22-,24+/m000/s1. The van der Waals surface area contributed by atoms with E-state index in [1.54, 1.807) is 30.6 Å². The predicted octanol–water partition coefficient (Wildman–Crippen LogP) is 5.95. The number of nitrogens with one attached hydrogen (secondary N) is 11. The van der Waals surface area contributed by atoms with Crippen LogP contribution in [-0.2, 0) is 71.7 Å². The number of hydrogen-bond donors (Lipinski definition) is 12. The Balaban J connectivity index is 0.000000254. The van der Waals surface area contributed by atoms with Crippen molar-refractivity contribution in [2.24, 2.45) is 97.4 Å². The third kappa shape index (κ3) is 27.8.